The number of aromatic nitrogens is 1. The van der Waals surface area contributed by atoms with Gasteiger partial charge in [-0.1, -0.05) is 48.0 Å². The lowest BCUT2D eigenvalue weighted by Crippen LogP contribution is -2.31. The minimum absolute atomic E-state index is 0.140. The molecule has 4 aromatic rings. The third-order valence-corrected chi connectivity index (χ3v) is 5.13. The molecule has 0 unspecified atom stereocenters. The number of ether oxygens (including phenoxy) is 1. The van der Waals surface area contributed by atoms with Crippen LogP contribution >= 0.6 is 11.6 Å². The fourth-order valence-electron chi connectivity index (χ4n) is 3.17. The number of anilines is 1. The van der Waals surface area contributed by atoms with E-state index >= 15 is 0 Å². The number of pyridine rings is 1. The van der Waals surface area contributed by atoms with Crippen LogP contribution in [-0.2, 0) is 13.2 Å². The number of nitrogens with zero attached hydrogens (tertiary/aromatic N) is 2. The third-order valence-electron chi connectivity index (χ3n) is 4.88. The Balaban J connectivity index is 1.50. The van der Waals surface area contributed by atoms with E-state index in [1.165, 1.54) is 6.07 Å². The third kappa shape index (κ3) is 5.31. The topological polar surface area (TPSA) is 42.4 Å². The Labute approximate surface area is 190 Å². The first-order valence-corrected chi connectivity index (χ1v) is 10.4. The predicted molar refractivity (Wildman–Crippen MR) is 123 cm³/mol. The van der Waals surface area contributed by atoms with E-state index < -0.39 is 0 Å². The van der Waals surface area contributed by atoms with Crippen molar-refractivity contribution in [3.63, 3.8) is 0 Å². The van der Waals surface area contributed by atoms with Gasteiger partial charge in [-0.05, 0) is 60.2 Å². The van der Waals surface area contributed by atoms with E-state index in [1.807, 2.05) is 18.2 Å². The zero-order valence-electron chi connectivity index (χ0n) is 17.1. The van der Waals surface area contributed by atoms with Crippen LogP contribution in [-0.4, -0.2) is 10.9 Å². The number of carbonyl (C=O) groups is 1. The van der Waals surface area contributed by atoms with Gasteiger partial charge in [0.05, 0.1) is 6.54 Å². The fourth-order valence-corrected chi connectivity index (χ4v) is 3.29. The molecule has 0 fully saturated rings. The molecule has 4 rings (SSSR count). The van der Waals surface area contributed by atoms with Crippen molar-refractivity contribution < 1.29 is 13.9 Å². The van der Waals surface area contributed by atoms with Crippen molar-refractivity contribution in [2.45, 2.75) is 13.2 Å². The standard InChI is InChI=1S/C26H20ClFN2O2/c27-22-12-10-20(11-13-22)26(31)30(25-7-3-4-16-29-25)17-19-8-14-23(15-9-19)32-18-21-5-1-2-6-24(21)28/h1-16H,17-18H2. The maximum atomic E-state index is 13.8. The van der Waals surface area contributed by atoms with Gasteiger partial charge in [-0.15, -0.1) is 0 Å². The van der Waals surface area contributed by atoms with Crippen LogP contribution in [0.5, 0.6) is 5.75 Å². The van der Waals surface area contributed by atoms with Gasteiger partial charge in [-0.3, -0.25) is 9.69 Å². The minimum Gasteiger partial charge on any atom is -0.489 e. The molecule has 1 aromatic heterocycles. The molecule has 4 nitrogen and oxygen atoms in total. The summed E-state index contributed by atoms with van der Waals surface area (Å²) in [5.74, 6) is 0.689. The fraction of sp³-hybridized carbons (Fsp3) is 0.0769. The molecule has 0 saturated carbocycles. The van der Waals surface area contributed by atoms with Crippen LogP contribution in [0.4, 0.5) is 10.2 Å². The van der Waals surface area contributed by atoms with Crippen LogP contribution in [0.2, 0.25) is 5.02 Å². The van der Waals surface area contributed by atoms with E-state index in [1.54, 1.807) is 77.8 Å². The van der Waals surface area contributed by atoms with Crippen LogP contribution in [0, 0.1) is 5.82 Å². The molecule has 160 valence electrons. The van der Waals surface area contributed by atoms with Crippen molar-refractivity contribution in [2.75, 3.05) is 4.90 Å². The smallest absolute Gasteiger partial charge is 0.259 e. The lowest BCUT2D eigenvalue weighted by atomic mass is 10.1. The number of hydrogen-bond acceptors (Lipinski definition) is 3. The second kappa shape index (κ2) is 10.1. The molecule has 0 bridgehead atoms. The highest BCUT2D eigenvalue weighted by molar-refractivity contribution is 6.30. The number of carbonyl (C=O) groups excluding carboxylic acids is 1. The largest absolute Gasteiger partial charge is 0.489 e. The maximum absolute atomic E-state index is 13.8. The summed E-state index contributed by atoms with van der Waals surface area (Å²) in [4.78, 5) is 19.2. The highest BCUT2D eigenvalue weighted by atomic mass is 35.5. The molecule has 3 aromatic carbocycles. The summed E-state index contributed by atoms with van der Waals surface area (Å²) in [5, 5.41) is 0.567. The first kappa shape index (κ1) is 21.5. The molecule has 0 aliphatic heterocycles. The lowest BCUT2D eigenvalue weighted by Gasteiger charge is -2.22. The van der Waals surface area contributed by atoms with Crippen molar-refractivity contribution >= 4 is 23.3 Å². The van der Waals surface area contributed by atoms with Gasteiger partial charge in [0.1, 0.15) is 24.0 Å². The lowest BCUT2D eigenvalue weighted by molar-refractivity contribution is 0.0984. The van der Waals surface area contributed by atoms with E-state index in [0.29, 0.717) is 34.3 Å². The van der Waals surface area contributed by atoms with Crippen LogP contribution < -0.4 is 9.64 Å². The molecule has 1 heterocycles. The van der Waals surface area contributed by atoms with Gasteiger partial charge in [0.2, 0.25) is 0 Å². The average molecular weight is 447 g/mol. The first-order chi connectivity index (χ1) is 15.6. The number of rotatable bonds is 7. The summed E-state index contributed by atoms with van der Waals surface area (Å²) in [7, 11) is 0. The Morgan fingerprint density at radius 1 is 0.906 bits per heavy atom. The Bertz CT molecular complexity index is 1180. The second-order valence-corrected chi connectivity index (χ2v) is 7.55. The van der Waals surface area contributed by atoms with Crippen LogP contribution in [0.15, 0.2) is 97.2 Å². The summed E-state index contributed by atoms with van der Waals surface area (Å²) in [5.41, 5.74) is 1.91. The highest BCUT2D eigenvalue weighted by Gasteiger charge is 2.19. The van der Waals surface area contributed by atoms with Gasteiger partial charge < -0.3 is 4.74 Å². The van der Waals surface area contributed by atoms with Gasteiger partial charge in [-0.25, -0.2) is 9.37 Å². The van der Waals surface area contributed by atoms with Crippen molar-refractivity contribution in [2.24, 2.45) is 0 Å². The van der Waals surface area contributed by atoms with Crippen molar-refractivity contribution in [3.8, 4) is 5.75 Å². The molecule has 0 atom stereocenters. The van der Waals surface area contributed by atoms with Gasteiger partial charge in [0.25, 0.3) is 5.91 Å². The monoisotopic (exact) mass is 446 g/mol. The Hall–Kier alpha value is -3.70. The number of benzene rings is 3. The number of hydrogen-bond donors (Lipinski definition) is 0. The summed E-state index contributed by atoms with van der Waals surface area (Å²) in [6.45, 7) is 0.465. The van der Waals surface area contributed by atoms with Crippen LogP contribution in [0.3, 0.4) is 0 Å². The average Bonchev–Trinajstić information content (AvgIpc) is 2.83. The van der Waals surface area contributed by atoms with Crippen molar-refractivity contribution in [3.05, 3.63) is 125 Å². The van der Waals surface area contributed by atoms with Gasteiger partial charge in [-0.2, -0.15) is 0 Å². The number of halogens is 2. The zero-order chi connectivity index (χ0) is 22.3. The summed E-state index contributed by atoms with van der Waals surface area (Å²) < 4.78 is 19.5. The normalized spacial score (nSPS) is 10.6. The van der Waals surface area contributed by atoms with Crippen molar-refractivity contribution in [1.29, 1.82) is 0 Å². The Morgan fingerprint density at radius 2 is 1.62 bits per heavy atom. The molecular weight excluding hydrogens is 427 g/mol. The molecule has 32 heavy (non-hydrogen) atoms. The molecule has 0 saturated heterocycles. The number of amides is 1. The zero-order valence-corrected chi connectivity index (χ0v) is 17.9. The quantitative estimate of drug-likeness (QED) is 0.334. The maximum Gasteiger partial charge on any atom is 0.259 e. The van der Waals surface area contributed by atoms with Gasteiger partial charge in [0.15, 0.2) is 0 Å². The molecule has 0 N–H and O–H groups in total. The minimum atomic E-state index is -0.296. The molecule has 1 amide bonds. The summed E-state index contributed by atoms with van der Waals surface area (Å²) >= 11 is 5.96. The van der Waals surface area contributed by atoms with Gasteiger partial charge >= 0.3 is 0 Å². The highest BCUT2D eigenvalue weighted by Crippen LogP contribution is 2.21. The molecule has 0 spiro atoms. The predicted octanol–water partition coefficient (Wildman–Crippen LogP) is 6.30. The van der Waals surface area contributed by atoms with E-state index in [0.717, 1.165) is 5.56 Å². The molecule has 0 aliphatic carbocycles. The Morgan fingerprint density at radius 3 is 2.31 bits per heavy atom. The first-order valence-electron chi connectivity index (χ1n) is 10.0. The molecule has 6 heteroatoms. The van der Waals surface area contributed by atoms with Crippen LogP contribution in [0.1, 0.15) is 21.5 Å². The van der Waals surface area contributed by atoms with E-state index in [9.17, 15) is 9.18 Å². The van der Waals surface area contributed by atoms with Crippen molar-refractivity contribution in [1.82, 2.24) is 4.98 Å². The molecular formula is C26H20ClFN2O2. The molecule has 0 radical (unpaired) electrons. The second-order valence-electron chi connectivity index (χ2n) is 7.11. The van der Waals surface area contributed by atoms with E-state index in [4.69, 9.17) is 16.3 Å². The van der Waals surface area contributed by atoms with E-state index in [-0.39, 0.29) is 18.3 Å². The SMILES string of the molecule is O=C(c1ccc(Cl)cc1)N(Cc1ccc(OCc2ccccc2F)cc1)c1ccccn1. The van der Waals surface area contributed by atoms with E-state index in [2.05, 4.69) is 4.98 Å². The molecule has 0 aliphatic rings. The van der Waals surface area contributed by atoms with Crippen LogP contribution in [0.25, 0.3) is 0 Å². The Kier molecular flexibility index (Phi) is 6.78. The van der Waals surface area contributed by atoms with Gasteiger partial charge in [0, 0.05) is 22.3 Å². The summed E-state index contributed by atoms with van der Waals surface area (Å²) in [6, 6.07) is 26.1. The summed E-state index contributed by atoms with van der Waals surface area (Å²) in [6.07, 6.45) is 1.65.